The Morgan fingerprint density at radius 1 is 1.37 bits per heavy atom. The Kier molecular flexibility index (Phi) is 8.19. The number of aliphatic imine (C=N–C) groups is 1. The minimum absolute atomic E-state index is 0.0121. The third-order valence-corrected chi connectivity index (χ3v) is 5.63. The molecule has 0 saturated carbocycles. The van der Waals surface area contributed by atoms with E-state index in [0.717, 1.165) is 63.5 Å². The molecule has 0 radical (unpaired) electrons. The van der Waals surface area contributed by atoms with Gasteiger partial charge in [-0.1, -0.05) is 6.07 Å². The van der Waals surface area contributed by atoms with Crippen molar-refractivity contribution >= 4 is 17.6 Å². The molecule has 0 bridgehead atoms. The van der Waals surface area contributed by atoms with E-state index >= 15 is 0 Å². The molecule has 0 spiro atoms. The molecule has 2 saturated heterocycles. The normalized spacial score (nSPS) is 22.0. The number of hydrogen-bond acceptors (Lipinski definition) is 5. The molecular formula is C22H35N5O3. The monoisotopic (exact) mass is 417 g/mol. The van der Waals surface area contributed by atoms with Gasteiger partial charge in [0.2, 0.25) is 5.91 Å². The Morgan fingerprint density at radius 2 is 2.23 bits per heavy atom. The lowest BCUT2D eigenvalue weighted by Gasteiger charge is -2.35. The molecule has 2 aliphatic rings. The highest BCUT2D eigenvalue weighted by atomic mass is 16.5. The van der Waals surface area contributed by atoms with Gasteiger partial charge in [-0.25, -0.2) is 4.99 Å². The van der Waals surface area contributed by atoms with Gasteiger partial charge in [-0.2, -0.15) is 0 Å². The van der Waals surface area contributed by atoms with Crippen molar-refractivity contribution in [2.45, 2.75) is 25.3 Å². The van der Waals surface area contributed by atoms with Crippen molar-refractivity contribution in [1.82, 2.24) is 15.5 Å². The number of carbonyl (C=O) groups excluding carboxylic acids is 1. The van der Waals surface area contributed by atoms with E-state index in [2.05, 4.69) is 32.7 Å². The molecule has 30 heavy (non-hydrogen) atoms. The average molecular weight is 418 g/mol. The maximum atomic E-state index is 12.0. The molecule has 2 atom stereocenters. The van der Waals surface area contributed by atoms with E-state index < -0.39 is 0 Å². The first-order valence-corrected chi connectivity index (χ1v) is 10.8. The lowest BCUT2D eigenvalue weighted by atomic mass is 10.0. The zero-order valence-corrected chi connectivity index (χ0v) is 18.4. The Balaban J connectivity index is 1.62. The van der Waals surface area contributed by atoms with Crippen LogP contribution in [0.3, 0.4) is 0 Å². The van der Waals surface area contributed by atoms with Crippen LogP contribution in [0.5, 0.6) is 5.75 Å². The molecular weight excluding hydrogens is 382 g/mol. The summed E-state index contributed by atoms with van der Waals surface area (Å²) in [6.07, 6.45) is 3.22. The molecule has 1 aromatic carbocycles. The fraction of sp³-hybridized carbons (Fsp3) is 0.636. The topological polar surface area (TPSA) is 78.4 Å². The molecule has 2 aliphatic heterocycles. The summed E-state index contributed by atoms with van der Waals surface area (Å²) < 4.78 is 10.8. The van der Waals surface area contributed by atoms with Gasteiger partial charge in [-0.3, -0.25) is 4.79 Å². The lowest BCUT2D eigenvalue weighted by Crippen LogP contribution is -2.52. The Morgan fingerprint density at radius 3 is 2.97 bits per heavy atom. The summed E-state index contributed by atoms with van der Waals surface area (Å²) in [5.41, 5.74) is 1.16. The average Bonchev–Trinajstić information content (AvgIpc) is 3.29. The van der Waals surface area contributed by atoms with E-state index in [1.807, 2.05) is 12.1 Å². The summed E-state index contributed by atoms with van der Waals surface area (Å²) in [6, 6.07) is 8.44. The predicted molar refractivity (Wildman–Crippen MR) is 119 cm³/mol. The van der Waals surface area contributed by atoms with E-state index in [-0.39, 0.29) is 18.5 Å². The molecule has 2 fully saturated rings. The first-order valence-electron chi connectivity index (χ1n) is 10.8. The third kappa shape index (κ3) is 6.52. The van der Waals surface area contributed by atoms with Crippen LogP contribution >= 0.6 is 0 Å². The minimum Gasteiger partial charge on any atom is -0.497 e. The summed E-state index contributed by atoms with van der Waals surface area (Å²) in [7, 11) is 5.20. The minimum atomic E-state index is -0.0121. The van der Waals surface area contributed by atoms with Crippen molar-refractivity contribution in [2.75, 3.05) is 65.5 Å². The van der Waals surface area contributed by atoms with E-state index in [1.54, 1.807) is 26.1 Å². The van der Waals surface area contributed by atoms with Crippen LogP contribution in [0.1, 0.15) is 19.3 Å². The van der Waals surface area contributed by atoms with Crippen molar-refractivity contribution in [1.29, 1.82) is 0 Å². The molecule has 8 heteroatoms. The number of nitrogens with zero attached hydrogens (tertiary/aromatic N) is 3. The zero-order valence-electron chi connectivity index (χ0n) is 18.4. The number of likely N-dealkylation sites (N-methyl/N-ethyl adjacent to an activating group) is 1. The van der Waals surface area contributed by atoms with Crippen molar-refractivity contribution in [2.24, 2.45) is 10.9 Å². The number of guanidine groups is 1. The fourth-order valence-corrected chi connectivity index (χ4v) is 3.76. The lowest BCUT2D eigenvalue weighted by molar-refractivity contribution is -0.127. The highest BCUT2D eigenvalue weighted by Gasteiger charge is 2.22. The van der Waals surface area contributed by atoms with Crippen molar-refractivity contribution < 1.29 is 14.3 Å². The van der Waals surface area contributed by atoms with Gasteiger partial charge < -0.3 is 29.9 Å². The van der Waals surface area contributed by atoms with Gasteiger partial charge in [0.1, 0.15) is 12.3 Å². The number of piperidine rings is 1. The van der Waals surface area contributed by atoms with Crippen molar-refractivity contribution in [3.63, 3.8) is 0 Å². The van der Waals surface area contributed by atoms with Gasteiger partial charge in [-0.05, 0) is 31.4 Å². The van der Waals surface area contributed by atoms with Crippen LogP contribution < -0.4 is 20.3 Å². The smallest absolute Gasteiger partial charge is 0.243 e. The number of anilines is 1. The van der Waals surface area contributed by atoms with E-state index in [9.17, 15) is 4.79 Å². The summed E-state index contributed by atoms with van der Waals surface area (Å²) >= 11 is 0. The predicted octanol–water partition coefficient (Wildman–Crippen LogP) is 1.32. The molecule has 1 aromatic rings. The van der Waals surface area contributed by atoms with Crippen LogP contribution in [0.25, 0.3) is 0 Å². The first kappa shape index (κ1) is 22.2. The number of amides is 1. The van der Waals surface area contributed by atoms with Crippen LogP contribution in [0.4, 0.5) is 5.69 Å². The second-order valence-corrected chi connectivity index (χ2v) is 8.19. The Hall–Kier alpha value is -2.48. The highest BCUT2D eigenvalue weighted by molar-refractivity contribution is 5.85. The molecule has 2 N–H and O–H groups in total. The van der Waals surface area contributed by atoms with Crippen molar-refractivity contribution in [3.05, 3.63) is 24.3 Å². The van der Waals surface area contributed by atoms with Gasteiger partial charge in [0.05, 0.1) is 13.7 Å². The second kappa shape index (κ2) is 11.1. The van der Waals surface area contributed by atoms with Gasteiger partial charge in [0, 0.05) is 64.0 Å². The molecule has 0 aliphatic carbocycles. The van der Waals surface area contributed by atoms with Gasteiger partial charge in [-0.15, -0.1) is 0 Å². The van der Waals surface area contributed by atoms with Crippen LogP contribution in [-0.2, 0) is 9.53 Å². The number of rotatable bonds is 7. The molecule has 166 valence electrons. The molecule has 3 rings (SSSR count). The van der Waals surface area contributed by atoms with Gasteiger partial charge >= 0.3 is 0 Å². The molecule has 8 nitrogen and oxygen atoms in total. The standard InChI is InChI=1S/C22H35N5O3/c1-26(2)21(28)14-24-22(23-13-17-9-11-30-16-17)25-18-6-5-10-27(15-18)19-7-4-8-20(12-19)29-3/h4,7-8,12,17-18H,5-6,9-11,13-16H2,1-3H3,(H2,23,24,25). The SMILES string of the molecule is COc1cccc(N2CCCC(NC(=NCC(=O)N(C)C)NCC3CCOC3)C2)c1. The summed E-state index contributed by atoms with van der Waals surface area (Å²) in [4.78, 5) is 20.5. The maximum absolute atomic E-state index is 12.0. The van der Waals surface area contributed by atoms with E-state index in [4.69, 9.17) is 9.47 Å². The number of carbonyl (C=O) groups is 1. The molecule has 1 amide bonds. The van der Waals surface area contributed by atoms with E-state index in [1.165, 1.54) is 0 Å². The number of methoxy groups -OCH3 is 1. The van der Waals surface area contributed by atoms with Gasteiger partial charge in [0.15, 0.2) is 5.96 Å². The maximum Gasteiger partial charge on any atom is 0.243 e. The number of nitrogens with one attached hydrogen (secondary N) is 2. The number of hydrogen-bond donors (Lipinski definition) is 2. The number of benzene rings is 1. The largest absolute Gasteiger partial charge is 0.497 e. The zero-order chi connectivity index (χ0) is 21.3. The summed E-state index contributed by atoms with van der Waals surface area (Å²) in [6.45, 7) is 4.43. The van der Waals surface area contributed by atoms with Crippen LogP contribution in [0, 0.1) is 5.92 Å². The Labute approximate surface area is 179 Å². The van der Waals surface area contributed by atoms with E-state index in [0.29, 0.717) is 11.9 Å². The van der Waals surface area contributed by atoms with Crippen LogP contribution in [0.2, 0.25) is 0 Å². The van der Waals surface area contributed by atoms with Crippen LogP contribution in [0.15, 0.2) is 29.3 Å². The third-order valence-electron chi connectivity index (χ3n) is 5.63. The van der Waals surface area contributed by atoms with Crippen LogP contribution in [-0.4, -0.2) is 83.4 Å². The summed E-state index contributed by atoms with van der Waals surface area (Å²) in [5.74, 6) is 2.05. The first-order chi connectivity index (χ1) is 14.5. The molecule has 0 aromatic heterocycles. The summed E-state index contributed by atoms with van der Waals surface area (Å²) in [5, 5.41) is 6.98. The fourth-order valence-electron chi connectivity index (χ4n) is 3.76. The van der Waals surface area contributed by atoms with Gasteiger partial charge in [0.25, 0.3) is 0 Å². The van der Waals surface area contributed by atoms with Crippen molar-refractivity contribution in [3.8, 4) is 5.75 Å². The number of ether oxygens (including phenoxy) is 2. The Bertz CT molecular complexity index is 718. The quantitative estimate of drug-likeness (QED) is 0.515. The highest BCUT2D eigenvalue weighted by Crippen LogP contribution is 2.24. The second-order valence-electron chi connectivity index (χ2n) is 8.19. The molecule has 2 heterocycles. The molecule has 2 unspecified atom stereocenters.